The summed E-state index contributed by atoms with van der Waals surface area (Å²) in [5.74, 6) is -0.458. The van der Waals surface area contributed by atoms with Gasteiger partial charge >= 0.3 is 0 Å². The molecule has 0 N–H and O–H groups in total. The quantitative estimate of drug-likeness (QED) is 0.401. The number of fused-ring (bicyclic) bond motifs is 1. The first-order chi connectivity index (χ1) is 16.8. The number of rotatable bonds is 5. The minimum Gasteiger partial charge on any atom is -0.335 e. The first-order valence-corrected chi connectivity index (χ1v) is 13.4. The summed E-state index contributed by atoms with van der Waals surface area (Å²) < 4.78 is 41.9. The van der Waals surface area contributed by atoms with Crippen LogP contribution in [0, 0.1) is 12.7 Å². The second kappa shape index (κ2) is 9.37. The van der Waals surface area contributed by atoms with E-state index in [1.807, 2.05) is 43.3 Å². The van der Waals surface area contributed by atoms with Crippen molar-refractivity contribution in [3.8, 4) is 5.69 Å². The summed E-state index contributed by atoms with van der Waals surface area (Å²) >= 11 is 1.33. The molecule has 1 aliphatic rings. The molecule has 0 bridgehead atoms. The summed E-state index contributed by atoms with van der Waals surface area (Å²) in [7, 11) is -3.57. The maximum Gasteiger partial charge on any atom is 0.264 e. The Balaban J connectivity index is 1.29. The van der Waals surface area contributed by atoms with Crippen LogP contribution in [0.4, 0.5) is 4.39 Å². The van der Waals surface area contributed by atoms with Gasteiger partial charge in [-0.2, -0.15) is 9.40 Å². The average molecular weight is 511 g/mol. The van der Waals surface area contributed by atoms with Crippen molar-refractivity contribution in [3.05, 3.63) is 88.0 Å². The van der Waals surface area contributed by atoms with E-state index in [9.17, 15) is 17.6 Å². The zero-order valence-corrected chi connectivity index (χ0v) is 20.6. The van der Waals surface area contributed by atoms with Gasteiger partial charge in [0.25, 0.3) is 5.91 Å². The van der Waals surface area contributed by atoms with Crippen LogP contribution in [-0.4, -0.2) is 59.5 Å². The van der Waals surface area contributed by atoms with Gasteiger partial charge in [0, 0.05) is 37.0 Å². The number of nitrogens with zero attached hydrogens (tertiary/aromatic N) is 4. The normalized spacial score (nSPS) is 15.3. The van der Waals surface area contributed by atoms with E-state index in [1.54, 1.807) is 27.8 Å². The van der Waals surface area contributed by atoms with Crippen LogP contribution in [0.5, 0.6) is 0 Å². The lowest BCUT2D eigenvalue weighted by Gasteiger charge is -2.33. The number of carbonyl (C=O) groups is 1. The van der Waals surface area contributed by atoms with E-state index >= 15 is 0 Å². The van der Waals surface area contributed by atoms with Crippen LogP contribution in [0.1, 0.15) is 20.9 Å². The molecule has 0 unspecified atom stereocenters. The molecule has 0 saturated carbocycles. The molecule has 0 atom stereocenters. The van der Waals surface area contributed by atoms with E-state index in [0.29, 0.717) is 23.7 Å². The minimum absolute atomic E-state index is 0.131. The van der Waals surface area contributed by atoms with Crippen LogP contribution in [0.25, 0.3) is 22.0 Å². The average Bonchev–Trinajstić information content (AvgIpc) is 3.44. The zero-order chi connectivity index (χ0) is 24.6. The minimum atomic E-state index is -3.57. The summed E-state index contributed by atoms with van der Waals surface area (Å²) in [4.78, 5) is 16.3. The van der Waals surface area contributed by atoms with Crippen molar-refractivity contribution in [3.63, 3.8) is 0 Å². The molecule has 4 aromatic rings. The lowest BCUT2D eigenvalue weighted by Crippen LogP contribution is -2.49. The molecule has 35 heavy (non-hydrogen) atoms. The maximum absolute atomic E-state index is 13.3. The molecule has 2 aromatic heterocycles. The Hall–Kier alpha value is -3.34. The van der Waals surface area contributed by atoms with Gasteiger partial charge in [-0.05, 0) is 48.9 Å². The molecular weight excluding hydrogens is 487 g/mol. The SMILES string of the molecule is Cc1nn(-c2ccc(F)cc2)c2sc(C(=O)N3CCN(S(=O)(=O)C=Cc4ccccc4)CC3)cc12. The third kappa shape index (κ3) is 4.77. The highest BCUT2D eigenvalue weighted by Crippen LogP contribution is 2.31. The fourth-order valence-corrected chi connectivity index (χ4v) is 6.35. The Morgan fingerprint density at radius 3 is 2.40 bits per heavy atom. The molecule has 7 nitrogen and oxygen atoms in total. The summed E-state index contributed by atoms with van der Waals surface area (Å²) in [6.07, 6.45) is 1.58. The number of aromatic nitrogens is 2. The van der Waals surface area contributed by atoms with Gasteiger partial charge in [-0.1, -0.05) is 30.3 Å². The zero-order valence-electron chi connectivity index (χ0n) is 19.0. The largest absolute Gasteiger partial charge is 0.335 e. The molecule has 2 aromatic carbocycles. The molecule has 0 radical (unpaired) electrons. The summed E-state index contributed by atoms with van der Waals surface area (Å²) in [6.45, 7) is 2.97. The smallest absolute Gasteiger partial charge is 0.264 e. The number of hydrogen-bond acceptors (Lipinski definition) is 5. The molecule has 3 heterocycles. The van der Waals surface area contributed by atoms with E-state index in [2.05, 4.69) is 5.10 Å². The van der Waals surface area contributed by atoms with Crippen molar-refractivity contribution in [1.29, 1.82) is 0 Å². The monoisotopic (exact) mass is 510 g/mol. The Morgan fingerprint density at radius 1 is 1.03 bits per heavy atom. The predicted octanol–water partition coefficient (Wildman–Crippen LogP) is 4.29. The lowest BCUT2D eigenvalue weighted by atomic mass is 10.2. The van der Waals surface area contributed by atoms with Gasteiger partial charge in [0.15, 0.2) is 0 Å². The molecular formula is C25H23FN4O3S2. The van der Waals surface area contributed by atoms with E-state index in [1.165, 1.54) is 33.2 Å². The molecule has 1 aliphatic heterocycles. The van der Waals surface area contributed by atoms with Gasteiger partial charge in [-0.15, -0.1) is 11.3 Å². The van der Waals surface area contributed by atoms with Crippen molar-refractivity contribution < 1.29 is 17.6 Å². The second-order valence-corrected chi connectivity index (χ2v) is 11.1. The van der Waals surface area contributed by atoms with E-state index in [0.717, 1.165) is 21.5 Å². The van der Waals surface area contributed by atoms with E-state index in [-0.39, 0.29) is 24.8 Å². The van der Waals surface area contributed by atoms with Gasteiger partial charge < -0.3 is 4.90 Å². The molecule has 0 aliphatic carbocycles. The molecule has 1 saturated heterocycles. The van der Waals surface area contributed by atoms with Crippen LogP contribution < -0.4 is 0 Å². The van der Waals surface area contributed by atoms with Crippen molar-refractivity contribution in [2.75, 3.05) is 26.2 Å². The number of amides is 1. The number of carbonyl (C=O) groups excluding carboxylic acids is 1. The summed E-state index contributed by atoms with van der Waals surface area (Å²) in [5, 5.41) is 6.63. The number of thiophene rings is 1. The number of sulfonamides is 1. The third-order valence-corrected chi connectivity index (χ3v) is 8.61. The van der Waals surface area contributed by atoms with E-state index < -0.39 is 10.0 Å². The molecule has 1 amide bonds. The van der Waals surface area contributed by atoms with Crippen molar-refractivity contribution in [1.82, 2.24) is 19.0 Å². The van der Waals surface area contributed by atoms with Gasteiger partial charge in [0.05, 0.1) is 16.3 Å². The van der Waals surface area contributed by atoms with Gasteiger partial charge in [0.1, 0.15) is 10.6 Å². The Labute approximate surface area is 206 Å². The van der Waals surface area contributed by atoms with Crippen LogP contribution >= 0.6 is 11.3 Å². The van der Waals surface area contributed by atoms with Crippen molar-refractivity contribution in [2.24, 2.45) is 0 Å². The van der Waals surface area contributed by atoms with Crippen molar-refractivity contribution in [2.45, 2.75) is 6.92 Å². The molecule has 10 heteroatoms. The molecule has 180 valence electrons. The number of halogens is 1. The molecule has 1 fully saturated rings. The molecule has 0 spiro atoms. The van der Waals surface area contributed by atoms with E-state index in [4.69, 9.17) is 0 Å². The summed E-state index contributed by atoms with van der Waals surface area (Å²) in [6, 6.07) is 17.1. The highest BCUT2D eigenvalue weighted by Gasteiger charge is 2.29. The third-order valence-electron chi connectivity index (χ3n) is 5.94. The fourth-order valence-electron chi connectivity index (χ4n) is 4.03. The lowest BCUT2D eigenvalue weighted by molar-refractivity contribution is 0.0703. The molecule has 5 rings (SSSR count). The number of benzene rings is 2. The van der Waals surface area contributed by atoms with Crippen molar-refractivity contribution >= 4 is 43.6 Å². The Bertz CT molecular complexity index is 1500. The first kappa shape index (κ1) is 23.4. The Morgan fingerprint density at radius 2 is 1.71 bits per heavy atom. The number of hydrogen-bond donors (Lipinski definition) is 0. The highest BCUT2D eigenvalue weighted by molar-refractivity contribution is 7.92. The topological polar surface area (TPSA) is 75.5 Å². The van der Waals surface area contributed by atoms with Gasteiger partial charge in [-0.25, -0.2) is 17.5 Å². The van der Waals surface area contributed by atoms with Gasteiger partial charge in [0.2, 0.25) is 10.0 Å². The van der Waals surface area contributed by atoms with Gasteiger partial charge in [-0.3, -0.25) is 4.79 Å². The standard InChI is InChI=1S/C25H23FN4O3S2/c1-18-22-17-23(34-25(22)30(27-18)21-9-7-20(26)8-10-21)24(31)28-12-14-29(15-13-28)35(32,33)16-11-19-5-3-2-4-6-19/h2-11,16-17H,12-15H2,1H3. The number of piperazine rings is 1. The van der Waals surface area contributed by atoms with Crippen LogP contribution in [0.2, 0.25) is 0 Å². The van der Waals surface area contributed by atoms with Crippen LogP contribution in [-0.2, 0) is 10.0 Å². The highest BCUT2D eigenvalue weighted by atomic mass is 32.2. The first-order valence-electron chi connectivity index (χ1n) is 11.1. The van der Waals surface area contributed by atoms with Crippen LogP contribution in [0.15, 0.2) is 66.1 Å². The predicted molar refractivity (Wildman–Crippen MR) is 136 cm³/mol. The Kier molecular flexibility index (Phi) is 6.26. The number of aryl methyl sites for hydroxylation is 1. The fraction of sp³-hybridized carbons (Fsp3) is 0.200. The van der Waals surface area contributed by atoms with Crippen LogP contribution in [0.3, 0.4) is 0 Å². The maximum atomic E-state index is 13.3. The second-order valence-electron chi connectivity index (χ2n) is 8.25. The summed E-state index contributed by atoms with van der Waals surface area (Å²) in [5.41, 5.74) is 2.30.